The van der Waals surface area contributed by atoms with Crippen LogP contribution in [0, 0.1) is 5.92 Å². The second-order valence-electron chi connectivity index (χ2n) is 8.68. The number of hydrogen-bond acceptors (Lipinski definition) is 9. The van der Waals surface area contributed by atoms with Crippen LogP contribution in [0.2, 0.25) is 0 Å². The van der Waals surface area contributed by atoms with E-state index in [0.717, 1.165) is 0 Å². The van der Waals surface area contributed by atoms with Crippen molar-refractivity contribution in [1.29, 1.82) is 0 Å². The standard InChI is InChI=1S/C24H37N4O7P/c1-15(2)33-24(31)18(5)27-36(35-19-10-8-7-9-11-19)32-13-20-21(30)17(4)23(34-20)28(14-29)12-16(3)22(25)26-6/h7-12,14-15,17-18,20-21,23,27,30H,13H2,1-6H3,(H2,25,26)/b16-12-. The van der Waals surface area contributed by atoms with E-state index in [9.17, 15) is 14.7 Å². The number of aliphatic hydroxyl groups is 1. The molecule has 0 saturated carbocycles. The minimum atomic E-state index is -1.81. The summed E-state index contributed by atoms with van der Waals surface area (Å²) in [5, 5.41) is 13.8. The van der Waals surface area contributed by atoms with Crippen LogP contribution in [0.5, 0.6) is 5.75 Å². The fourth-order valence-corrected chi connectivity index (χ4v) is 4.55. The third-order valence-electron chi connectivity index (χ3n) is 5.38. The number of nitrogens with two attached hydrogens (primary N) is 1. The molecule has 0 aromatic heterocycles. The molecule has 0 aliphatic carbocycles. The molecule has 4 N–H and O–H groups in total. The molecule has 0 spiro atoms. The molecule has 1 aliphatic heterocycles. The topological polar surface area (TPSA) is 145 Å². The number of nitrogens with zero attached hydrogens (tertiary/aromatic N) is 2. The minimum absolute atomic E-state index is 0.0482. The van der Waals surface area contributed by atoms with E-state index in [1.807, 2.05) is 18.2 Å². The lowest BCUT2D eigenvalue weighted by molar-refractivity contribution is -0.149. The number of carbonyl (C=O) groups excluding carboxylic acids is 2. The molecule has 11 nitrogen and oxygen atoms in total. The zero-order valence-electron chi connectivity index (χ0n) is 21.5. The molecular formula is C24H37N4O7P. The number of para-hydroxylation sites is 1. The first-order valence-corrected chi connectivity index (χ1v) is 12.8. The Morgan fingerprint density at radius 1 is 1.33 bits per heavy atom. The Labute approximate surface area is 213 Å². The van der Waals surface area contributed by atoms with E-state index in [-0.39, 0.29) is 18.5 Å². The van der Waals surface area contributed by atoms with Crippen molar-refractivity contribution in [3.8, 4) is 5.75 Å². The molecule has 2 rings (SSSR count). The maximum absolute atomic E-state index is 12.3. The lowest BCUT2D eigenvalue weighted by Gasteiger charge is -2.25. The van der Waals surface area contributed by atoms with Crippen LogP contribution in [0.3, 0.4) is 0 Å². The molecule has 0 bridgehead atoms. The first-order valence-electron chi connectivity index (χ1n) is 11.7. The number of nitrogens with one attached hydrogen (secondary N) is 1. The number of aliphatic hydroxyl groups excluding tert-OH is 1. The maximum Gasteiger partial charge on any atom is 0.323 e. The first kappa shape index (κ1) is 29.7. The summed E-state index contributed by atoms with van der Waals surface area (Å²) in [6.07, 6.45) is -0.524. The van der Waals surface area contributed by atoms with Gasteiger partial charge < -0.3 is 29.4 Å². The summed E-state index contributed by atoms with van der Waals surface area (Å²) in [5.74, 6) is -0.0282. The fourth-order valence-electron chi connectivity index (χ4n) is 3.35. The van der Waals surface area contributed by atoms with Crippen molar-refractivity contribution in [1.82, 2.24) is 9.99 Å². The molecule has 12 heteroatoms. The number of hydrogen-bond donors (Lipinski definition) is 3. The Morgan fingerprint density at radius 3 is 2.58 bits per heavy atom. The lowest BCUT2D eigenvalue weighted by Crippen LogP contribution is -2.36. The van der Waals surface area contributed by atoms with E-state index in [2.05, 4.69) is 10.1 Å². The van der Waals surface area contributed by atoms with E-state index in [1.165, 1.54) is 11.1 Å². The Bertz CT molecular complexity index is 915. The van der Waals surface area contributed by atoms with Gasteiger partial charge in [0.1, 0.15) is 30.0 Å². The third kappa shape index (κ3) is 8.53. The lowest BCUT2D eigenvalue weighted by atomic mass is 10.0. The summed E-state index contributed by atoms with van der Waals surface area (Å²) in [7, 11) is -0.258. The van der Waals surface area contributed by atoms with Gasteiger partial charge in [-0.15, -0.1) is 0 Å². The van der Waals surface area contributed by atoms with E-state index < -0.39 is 44.9 Å². The number of benzene rings is 1. The van der Waals surface area contributed by atoms with Gasteiger partial charge in [-0.1, -0.05) is 25.1 Å². The van der Waals surface area contributed by atoms with Crippen molar-refractivity contribution < 1.29 is 33.2 Å². The smallest absolute Gasteiger partial charge is 0.323 e. The number of esters is 1. The summed E-state index contributed by atoms with van der Waals surface area (Å²) in [6.45, 7) is 8.64. The van der Waals surface area contributed by atoms with E-state index in [0.29, 0.717) is 17.7 Å². The molecule has 0 radical (unpaired) electrons. The molecule has 6 unspecified atom stereocenters. The SMILES string of the molecule is C/N=C(N)\C(C)=C/N(C=O)C1OC(COP(NC(C)C(=O)OC(C)C)Oc2ccccc2)C(O)C1C. The van der Waals surface area contributed by atoms with Gasteiger partial charge in [0.15, 0.2) is 0 Å². The van der Waals surface area contributed by atoms with Gasteiger partial charge in [0.2, 0.25) is 6.41 Å². The van der Waals surface area contributed by atoms with Crippen molar-refractivity contribution in [2.75, 3.05) is 13.7 Å². The molecule has 1 aromatic carbocycles. The average Bonchev–Trinajstić information content (AvgIpc) is 3.13. The molecule has 6 atom stereocenters. The van der Waals surface area contributed by atoms with Gasteiger partial charge in [-0.3, -0.25) is 19.5 Å². The second-order valence-corrected chi connectivity index (χ2v) is 9.90. The molecule has 1 heterocycles. The highest BCUT2D eigenvalue weighted by Crippen LogP contribution is 2.38. The van der Waals surface area contributed by atoms with Crippen molar-refractivity contribution in [3.05, 3.63) is 42.1 Å². The Morgan fingerprint density at radius 2 is 2.00 bits per heavy atom. The monoisotopic (exact) mass is 524 g/mol. The summed E-state index contributed by atoms with van der Waals surface area (Å²) < 4.78 is 23.1. The van der Waals surface area contributed by atoms with Gasteiger partial charge in [0.25, 0.3) is 0 Å². The summed E-state index contributed by atoms with van der Waals surface area (Å²) in [4.78, 5) is 29.3. The fraction of sp³-hybridized carbons (Fsp3) is 0.542. The molecule has 1 aliphatic rings. The van der Waals surface area contributed by atoms with Gasteiger partial charge >= 0.3 is 14.5 Å². The van der Waals surface area contributed by atoms with E-state index >= 15 is 0 Å². The van der Waals surface area contributed by atoms with Crippen LogP contribution in [0.25, 0.3) is 0 Å². The Kier molecular flexibility index (Phi) is 11.7. The van der Waals surface area contributed by atoms with Crippen LogP contribution < -0.4 is 15.3 Å². The molecular weight excluding hydrogens is 487 g/mol. The molecule has 1 amide bonds. The number of amidine groups is 1. The normalized spacial score (nSPS) is 24.3. The number of carbonyl (C=O) groups is 2. The first-order chi connectivity index (χ1) is 17.1. The molecule has 36 heavy (non-hydrogen) atoms. The Balaban J connectivity index is 2.10. The molecule has 1 saturated heterocycles. The van der Waals surface area contributed by atoms with Crippen molar-refractivity contribution in [2.24, 2.45) is 16.6 Å². The van der Waals surface area contributed by atoms with Gasteiger partial charge in [-0.25, -0.2) is 5.09 Å². The van der Waals surface area contributed by atoms with E-state index in [1.54, 1.807) is 53.8 Å². The summed E-state index contributed by atoms with van der Waals surface area (Å²) in [6, 6.07) is 8.30. The van der Waals surface area contributed by atoms with Crippen LogP contribution in [0.15, 0.2) is 47.1 Å². The largest absolute Gasteiger partial charge is 0.462 e. The second kappa shape index (κ2) is 14.2. The maximum atomic E-state index is 12.3. The van der Waals surface area contributed by atoms with Gasteiger partial charge in [-0.2, -0.15) is 0 Å². The average molecular weight is 525 g/mol. The van der Waals surface area contributed by atoms with Crippen LogP contribution in [0.4, 0.5) is 0 Å². The zero-order chi connectivity index (χ0) is 26.8. The van der Waals surface area contributed by atoms with Crippen LogP contribution in [0.1, 0.15) is 34.6 Å². The minimum Gasteiger partial charge on any atom is -0.462 e. The quantitative estimate of drug-likeness (QED) is 0.116. The van der Waals surface area contributed by atoms with Crippen LogP contribution >= 0.6 is 8.53 Å². The molecule has 1 fully saturated rings. The highest BCUT2D eigenvalue weighted by atomic mass is 31.2. The molecule has 1 aromatic rings. The number of aliphatic imine (C=N–C) groups is 1. The highest BCUT2D eigenvalue weighted by Gasteiger charge is 2.44. The predicted octanol–water partition coefficient (Wildman–Crippen LogP) is 2.31. The van der Waals surface area contributed by atoms with Crippen LogP contribution in [-0.2, 0) is 23.6 Å². The summed E-state index contributed by atoms with van der Waals surface area (Å²) in [5.41, 5.74) is 6.40. The Hall–Kier alpha value is -2.56. The van der Waals surface area contributed by atoms with Gasteiger partial charge in [0.05, 0.1) is 18.8 Å². The van der Waals surface area contributed by atoms with Gasteiger partial charge in [-0.05, 0) is 39.8 Å². The zero-order valence-corrected chi connectivity index (χ0v) is 22.4. The highest BCUT2D eigenvalue weighted by molar-refractivity contribution is 7.45. The van der Waals surface area contributed by atoms with E-state index in [4.69, 9.17) is 24.3 Å². The van der Waals surface area contributed by atoms with Crippen LogP contribution in [-0.4, -0.2) is 72.5 Å². The molecule has 200 valence electrons. The van der Waals surface area contributed by atoms with Crippen molar-refractivity contribution in [2.45, 2.75) is 65.2 Å². The number of rotatable bonds is 13. The third-order valence-corrected chi connectivity index (χ3v) is 6.74. The van der Waals surface area contributed by atoms with Crippen molar-refractivity contribution >= 4 is 26.7 Å². The van der Waals surface area contributed by atoms with Crippen molar-refractivity contribution in [3.63, 3.8) is 0 Å². The van der Waals surface area contributed by atoms with Gasteiger partial charge in [0, 0.05) is 24.7 Å². The number of ether oxygens (including phenoxy) is 2. The summed E-state index contributed by atoms with van der Waals surface area (Å²) >= 11 is 0. The number of amides is 1. The predicted molar refractivity (Wildman–Crippen MR) is 137 cm³/mol.